The largest absolute Gasteiger partial charge is 0.349 e. The van der Waals surface area contributed by atoms with Crippen molar-refractivity contribution in [2.75, 3.05) is 26.2 Å². The average Bonchev–Trinajstić information content (AvgIpc) is 3.00. The van der Waals surface area contributed by atoms with Crippen molar-refractivity contribution in [3.05, 3.63) is 64.5 Å². The molecule has 0 N–H and O–H groups in total. The molecule has 0 saturated carbocycles. The first kappa shape index (κ1) is 20.9. The molecule has 0 unspecified atom stereocenters. The van der Waals surface area contributed by atoms with Gasteiger partial charge in [-0.3, -0.25) is 9.69 Å². The zero-order chi connectivity index (χ0) is 20.8. The number of aryl methyl sites for hydroxylation is 1. The second-order valence-corrected chi connectivity index (χ2v) is 7.70. The van der Waals surface area contributed by atoms with Crippen molar-refractivity contribution in [3.63, 3.8) is 0 Å². The van der Waals surface area contributed by atoms with Gasteiger partial charge in [0.25, 0.3) is 5.91 Å². The van der Waals surface area contributed by atoms with Crippen LogP contribution in [0.1, 0.15) is 35.9 Å². The second kappa shape index (κ2) is 9.58. The number of carbonyl (C=O) groups is 1. The van der Waals surface area contributed by atoms with Crippen molar-refractivity contribution in [2.45, 2.75) is 40.3 Å². The number of aromatic nitrogens is 1. The molecule has 152 valence electrons. The standard InChI is InChI=1S/C24H30N4O/c1-4-10-28-19(2)15-22(20(28)3)16-23(17-25)24(29)27-13-11-26(12-14-27)18-21-8-6-5-7-9-21/h5-9,15-16H,4,10-14,18H2,1-3H3/b23-16+. The van der Waals surface area contributed by atoms with Gasteiger partial charge >= 0.3 is 0 Å². The van der Waals surface area contributed by atoms with Crippen LogP contribution in [-0.4, -0.2) is 46.5 Å². The van der Waals surface area contributed by atoms with Crippen molar-refractivity contribution < 1.29 is 4.79 Å². The molecule has 0 spiro atoms. The Morgan fingerprint density at radius 3 is 2.45 bits per heavy atom. The highest BCUT2D eigenvalue weighted by Gasteiger charge is 2.24. The van der Waals surface area contributed by atoms with E-state index in [-0.39, 0.29) is 11.5 Å². The van der Waals surface area contributed by atoms with E-state index in [4.69, 9.17) is 0 Å². The molecule has 0 radical (unpaired) electrons. The molecule has 1 saturated heterocycles. The Kier molecular flexibility index (Phi) is 6.90. The summed E-state index contributed by atoms with van der Waals surface area (Å²) >= 11 is 0. The van der Waals surface area contributed by atoms with Crippen LogP contribution in [0, 0.1) is 25.2 Å². The summed E-state index contributed by atoms with van der Waals surface area (Å²) in [5.74, 6) is -0.160. The molecule has 0 bridgehead atoms. The molecule has 1 amide bonds. The Morgan fingerprint density at radius 1 is 1.14 bits per heavy atom. The molecule has 1 aliphatic heterocycles. The van der Waals surface area contributed by atoms with Crippen LogP contribution in [0.4, 0.5) is 0 Å². The highest BCUT2D eigenvalue weighted by Crippen LogP contribution is 2.20. The minimum atomic E-state index is -0.160. The van der Waals surface area contributed by atoms with Gasteiger partial charge in [0.15, 0.2) is 0 Å². The molecule has 0 atom stereocenters. The second-order valence-electron chi connectivity index (χ2n) is 7.70. The minimum absolute atomic E-state index is 0.160. The van der Waals surface area contributed by atoms with E-state index in [2.05, 4.69) is 66.6 Å². The van der Waals surface area contributed by atoms with E-state index >= 15 is 0 Å². The number of benzene rings is 1. The predicted octanol–water partition coefficient (Wildman–Crippen LogP) is 3.77. The molecule has 5 nitrogen and oxygen atoms in total. The zero-order valence-corrected chi connectivity index (χ0v) is 17.7. The Labute approximate surface area is 173 Å². The summed E-state index contributed by atoms with van der Waals surface area (Å²) in [5, 5.41) is 9.62. The number of amides is 1. The summed E-state index contributed by atoms with van der Waals surface area (Å²) in [6.07, 6.45) is 2.81. The fourth-order valence-corrected chi connectivity index (χ4v) is 3.96. The Hall–Kier alpha value is -2.84. The molecule has 1 fully saturated rings. The molecular formula is C24H30N4O. The van der Waals surface area contributed by atoms with Gasteiger partial charge in [0.2, 0.25) is 0 Å². The molecule has 1 aromatic carbocycles. The number of hydrogen-bond donors (Lipinski definition) is 0. The van der Waals surface area contributed by atoms with Crippen LogP contribution in [0.3, 0.4) is 0 Å². The number of carbonyl (C=O) groups excluding carboxylic acids is 1. The van der Waals surface area contributed by atoms with Gasteiger partial charge < -0.3 is 9.47 Å². The fourth-order valence-electron chi connectivity index (χ4n) is 3.96. The van der Waals surface area contributed by atoms with Gasteiger partial charge in [0, 0.05) is 50.7 Å². The van der Waals surface area contributed by atoms with Crippen LogP contribution in [0.5, 0.6) is 0 Å². The van der Waals surface area contributed by atoms with E-state index < -0.39 is 0 Å². The lowest BCUT2D eigenvalue weighted by atomic mass is 10.1. The van der Waals surface area contributed by atoms with Crippen LogP contribution in [0.25, 0.3) is 6.08 Å². The van der Waals surface area contributed by atoms with Crippen molar-refractivity contribution in [1.29, 1.82) is 5.26 Å². The number of nitrogens with zero attached hydrogens (tertiary/aromatic N) is 4. The highest BCUT2D eigenvalue weighted by molar-refractivity contribution is 6.01. The first-order valence-corrected chi connectivity index (χ1v) is 10.4. The third-order valence-electron chi connectivity index (χ3n) is 5.62. The number of piperazine rings is 1. The van der Waals surface area contributed by atoms with Gasteiger partial charge in [-0.15, -0.1) is 0 Å². The van der Waals surface area contributed by atoms with Gasteiger partial charge in [-0.2, -0.15) is 5.26 Å². The van der Waals surface area contributed by atoms with E-state index in [1.165, 1.54) is 5.56 Å². The van der Waals surface area contributed by atoms with Gasteiger partial charge in [-0.1, -0.05) is 37.3 Å². The molecule has 0 aliphatic carbocycles. The third kappa shape index (κ3) is 4.96. The SMILES string of the molecule is CCCn1c(C)cc(/C=C(\C#N)C(=O)N2CCN(Cc3ccccc3)CC2)c1C. The highest BCUT2D eigenvalue weighted by atomic mass is 16.2. The molecule has 1 aliphatic rings. The first-order valence-electron chi connectivity index (χ1n) is 10.4. The van der Waals surface area contributed by atoms with Crippen molar-refractivity contribution in [3.8, 4) is 6.07 Å². The number of rotatable bonds is 6. The third-order valence-corrected chi connectivity index (χ3v) is 5.62. The van der Waals surface area contributed by atoms with E-state index in [0.717, 1.165) is 49.6 Å². The summed E-state index contributed by atoms with van der Waals surface area (Å²) in [6, 6.07) is 14.6. The minimum Gasteiger partial charge on any atom is -0.349 e. The van der Waals surface area contributed by atoms with Gasteiger partial charge in [-0.25, -0.2) is 0 Å². The van der Waals surface area contributed by atoms with E-state index in [1.807, 2.05) is 11.0 Å². The van der Waals surface area contributed by atoms with Gasteiger partial charge in [0.1, 0.15) is 11.6 Å². The molecule has 2 heterocycles. The summed E-state index contributed by atoms with van der Waals surface area (Å²) in [6.45, 7) is 11.1. The summed E-state index contributed by atoms with van der Waals surface area (Å²) in [4.78, 5) is 17.1. The lowest BCUT2D eigenvalue weighted by molar-refractivity contribution is -0.128. The van der Waals surface area contributed by atoms with Crippen molar-refractivity contribution in [2.24, 2.45) is 0 Å². The van der Waals surface area contributed by atoms with Gasteiger partial charge in [0.05, 0.1) is 0 Å². The van der Waals surface area contributed by atoms with E-state index in [0.29, 0.717) is 13.1 Å². The number of nitriles is 1. The van der Waals surface area contributed by atoms with E-state index in [9.17, 15) is 10.1 Å². The van der Waals surface area contributed by atoms with Crippen LogP contribution < -0.4 is 0 Å². The zero-order valence-electron chi connectivity index (χ0n) is 17.7. The summed E-state index contributed by atoms with van der Waals surface area (Å²) < 4.78 is 2.24. The Morgan fingerprint density at radius 2 is 1.83 bits per heavy atom. The molecule has 29 heavy (non-hydrogen) atoms. The normalized spacial score (nSPS) is 15.4. The van der Waals surface area contributed by atoms with Crippen molar-refractivity contribution >= 4 is 12.0 Å². The number of hydrogen-bond acceptors (Lipinski definition) is 3. The molecule has 3 rings (SSSR count). The van der Waals surface area contributed by atoms with Crippen LogP contribution in [-0.2, 0) is 17.9 Å². The lowest BCUT2D eigenvalue weighted by Gasteiger charge is -2.34. The Bertz CT molecular complexity index is 912. The molecule has 1 aromatic heterocycles. The maximum absolute atomic E-state index is 12.9. The van der Waals surface area contributed by atoms with Crippen LogP contribution in [0.2, 0.25) is 0 Å². The maximum atomic E-state index is 12.9. The average molecular weight is 391 g/mol. The lowest BCUT2D eigenvalue weighted by Crippen LogP contribution is -2.48. The van der Waals surface area contributed by atoms with Crippen molar-refractivity contribution in [1.82, 2.24) is 14.4 Å². The van der Waals surface area contributed by atoms with E-state index in [1.54, 1.807) is 6.08 Å². The predicted molar refractivity (Wildman–Crippen MR) is 116 cm³/mol. The van der Waals surface area contributed by atoms with Gasteiger partial charge in [-0.05, 0) is 43.5 Å². The first-order chi connectivity index (χ1) is 14.0. The molecule has 5 heteroatoms. The topological polar surface area (TPSA) is 52.3 Å². The maximum Gasteiger partial charge on any atom is 0.264 e. The quantitative estimate of drug-likeness (QED) is 0.557. The van der Waals surface area contributed by atoms with Crippen LogP contribution in [0.15, 0.2) is 42.0 Å². The fraction of sp³-hybridized carbons (Fsp3) is 0.417. The summed E-state index contributed by atoms with van der Waals surface area (Å²) in [5.41, 5.74) is 4.74. The molecule has 2 aromatic rings. The monoisotopic (exact) mass is 390 g/mol. The summed E-state index contributed by atoms with van der Waals surface area (Å²) in [7, 11) is 0. The smallest absolute Gasteiger partial charge is 0.264 e. The Balaban J connectivity index is 1.66. The molecular weight excluding hydrogens is 360 g/mol. The van der Waals surface area contributed by atoms with Crippen LogP contribution >= 0.6 is 0 Å².